The topological polar surface area (TPSA) is 96.0 Å². The highest BCUT2D eigenvalue weighted by Gasteiger charge is 2.38. The number of nitrogens with one attached hydrogen (secondary N) is 1. The maximum atomic E-state index is 13.4. The zero-order valence-electron chi connectivity index (χ0n) is 20.1. The average Bonchev–Trinajstić information content (AvgIpc) is 2.90. The standard InChI is InChI=1S/C26H33N3O5S/c1-20(30)21-10-12-23(13-11-21)35(32,33)29-14-6-5-9-24(29)26(31)27-19-25(22-7-3-2-4-8-22)28-15-17-34-18-16-28/h2-4,7-8,10-13,24-25H,5-6,9,14-19H2,1H3,(H,27,31). The highest BCUT2D eigenvalue weighted by atomic mass is 32.2. The Kier molecular flexibility index (Phi) is 8.33. The van der Waals surface area contributed by atoms with Crippen molar-refractivity contribution in [1.29, 1.82) is 0 Å². The number of Topliss-reactive ketones (excluding diaryl/α,β-unsaturated/α-hetero) is 1. The van der Waals surface area contributed by atoms with Crippen LogP contribution < -0.4 is 5.32 Å². The predicted molar refractivity (Wildman–Crippen MR) is 133 cm³/mol. The molecule has 2 aromatic rings. The molecule has 2 atom stereocenters. The van der Waals surface area contributed by atoms with Crippen molar-refractivity contribution < 1.29 is 22.7 Å². The Morgan fingerprint density at radius 1 is 1.00 bits per heavy atom. The molecule has 0 aliphatic carbocycles. The largest absolute Gasteiger partial charge is 0.379 e. The lowest BCUT2D eigenvalue weighted by Gasteiger charge is -2.36. The number of morpholine rings is 1. The molecule has 2 aromatic carbocycles. The van der Waals surface area contributed by atoms with E-state index in [0.29, 0.717) is 44.7 Å². The zero-order chi connectivity index (χ0) is 24.8. The molecule has 2 saturated heterocycles. The third kappa shape index (κ3) is 5.98. The second-order valence-electron chi connectivity index (χ2n) is 9.03. The molecule has 0 bridgehead atoms. The third-order valence-corrected chi connectivity index (χ3v) is 8.69. The van der Waals surface area contributed by atoms with Gasteiger partial charge >= 0.3 is 0 Å². The van der Waals surface area contributed by atoms with Crippen LogP contribution in [0.4, 0.5) is 0 Å². The monoisotopic (exact) mass is 499 g/mol. The fourth-order valence-electron chi connectivity index (χ4n) is 4.79. The van der Waals surface area contributed by atoms with Gasteiger partial charge in [-0.15, -0.1) is 0 Å². The molecule has 2 unspecified atom stereocenters. The first kappa shape index (κ1) is 25.5. The van der Waals surface area contributed by atoms with E-state index in [1.165, 1.54) is 35.5 Å². The average molecular weight is 500 g/mol. The van der Waals surface area contributed by atoms with Gasteiger partial charge in [0.15, 0.2) is 5.78 Å². The molecule has 1 amide bonds. The summed E-state index contributed by atoms with van der Waals surface area (Å²) in [5.41, 5.74) is 1.56. The highest BCUT2D eigenvalue weighted by molar-refractivity contribution is 7.89. The van der Waals surface area contributed by atoms with Gasteiger partial charge in [0.25, 0.3) is 0 Å². The summed E-state index contributed by atoms with van der Waals surface area (Å²) in [6.07, 6.45) is 1.97. The lowest BCUT2D eigenvalue weighted by Crippen LogP contribution is -2.53. The summed E-state index contributed by atoms with van der Waals surface area (Å²) >= 11 is 0. The third-order valence-electron chi connectivity index (χ3n) is 6.76. The van der Waals surface area contributed by atoms with Crippen LogP contribution in [0.3, 0.4) is 0 Å². The van der Waals surface area contributed by atoms with E-state index < -0.39 is 16.1 Å². The minimum Gasteiger partial charge on any atom is -0.379 e. The molecule has 1 N–H and O–H groups in total. The Labute approximate surface area is 207 Å². The predicted octanol–water partition coefficient (Wildman–Crippen LogP) is 2.62. The number of hydrogen-bond donors (Lipinski definition) is 1. The molecule has 8 nitrogen and oxygen atoms in total. The number of ether oxygens (including phenoxy) is 1. The lowest BCUT2D eigenvalue weighted by molar-refractivity contribution is -0.126. The first-order chi connectivity index (χ1) is 16.9. The molecule has 4 rings (SSSR count). The van der Waals surface area contributed by atoms with Crippen molar-refractivity contribution >= 4 is 21.7 Å². The Hall–Kier alpha value is -2.59. The van der Waals surface area contributed by atoms with Crippen molar-refractivity contribution in [2.24, 2.45) is 0 Å². The van der Waals surface area contributed by atoms with E-state index in [0.717, 1.165) is 25.1 Å². The van der Waals surface area contributed by atoms with Crippen LogP contribution in [0.2, 0.25) is 0 Å². The van der Waals surface area contributed by atoms with Crippen molar-refractivity contribution in [3.63, 3.8) is 0 Å². The zero-order valence-corrected chi connectivity index (χ0v) is 20.9. The first-order valence-corrected chi connectivity index (χ1v) is 13.6. The van der Waals surface area contributed by atoms with Crippen LogP contribution in [0.1, 0.15) is 48.1 Å². The smallest absolute Gasteiger partial charge is 0.243 e. The number of sulfonamides is 1. The van der Waals surface area contributed by atoms with Gasteiger partial charge in [-0.1, -0.05) is 48.9 Å². The number of carbonyl (C=O) groups is 2. The number of benzene rings is 2. The number of amides is 1. The Bertz CT molecular complexity index is 1120. The van der Waals surface area contributed by atoms with E-state index in [2.05, 4.69) is 10.2 Å². The minimum absolute atomic E-state index is 0.0168. The van der Waals surface area contributed by atoms with Crippen LogP contribution in [-0.4, -0.2) is 74.7 Å². The lowest BCUT2D eigenvalue weighted by atomic mass is 10.0. The van der Waals surface area contributed by atoms with Gasteiger partial charge in [0.1, 0.15) is 6.04 Å². The molecular formula is C26H33N3O5S. The van der Waals surface area contributed by atoms with Crippen molar-refractivity contribution in [3.05, 3.63) is 65.7 Å². The summed E-state index contributed by atoms with van der Waals surface area (Å²) in [7, 11) is -3.88. The van der Waals surface area contributed by atoms with E-state index in [1.54, 1.807) is 0 Å². The van der Waals surface area contributed by atoms with Gasteiger partial charge < -0.3 is 10.1 Å². The summed E-state index contributed by atoms with van der Waals surface area (Å²) in [6, 6.07) is 15.2. The van der Waals surface area contributed by atoms with Gasteiger partial charge in [0.2, 0.25) is 15.9 Å². The number of carbonyl (C=O) groups excluding carboxylic acids is 2. The van der Waals surface area contributed by atoms with Crippen molar-refractivity contribution in [2.45, 2.75) is 43.2 Å². The quantitative estimate of drug-likeness (QED) is 0.561. The van der Waals surface area contributed by atoms with E-state index in [4.69, 9.17) is 4.74 Å². The molecule has 0 aromatic heterocycles. The summed E-state index contributed by atoms with van der Waals surface area (Å²) in [5, 5.41) is 3.05. The molecule has 2 aliphatic heterocycles. The molecule has 2 aliphatic rings. The van der Waals surface area contributed by atoms with Crippen LogP contribution in [0.5, 0.6) is 0 Å². The van der Waals surface area contributed by atoms with Gasteiger partial charge in [0, 0.05) is 31.7 Å². The van der Waals surface area contributed by atoms with E-state index in [1.807, 2.05) is 30.3 Å². The van der Waals surface area contributed by atoms with Crippen LogP contribution in [0, 0.1) is 0 Å². The van der Waals surface area contributed by atoms with Crippen LogP contribution in [0.25, 0.3) is 0 Å². The first-order valence-electron chi connectivity index (χ1n) is 12.2. The molecule has 0 spiro atoms. The van der Waals surface area contributed by atoms with Gasteiger partial charge in [-0.2, -0.15) is 4.31 Å². The Morgan fingerprint density at radius 3 is 2.34 bits per heavy atom. The summed E-state index contributed by atoms with van der Waals surface area (Å²) in [4.78, 5) is 27.3. The van der Waals surface area contributed by atoms with Crippen LogP contribution >= 0.6 is 0 Å². The van der Waals surface area contributed by atoms with Crippen molar-refractivity contribution in [1.82, 2.24) is 14.5 Å². The van der Waals surface area contributed by atoms with Crippen molar-refractivity contribution in [2.75, 3.05) is 39.4 Å². The van der Waals surface area contributed by atoms with Crippen LogP contribution in [-0.2, 0) is 19.6 Å². The Balaban J connectivity index is 1.50. The normalized spacial score (nSPS) is 20.8. The number of piperidine rings is 1. The molecule has 2 fully saturated rings. The molecule has 9 heteroatoms. The molecular weight excluding hydrogens is 466 g/mol. The van der Waals surface area contributed by atoms with E-state index >= 15 is 0 Å². The summed E-state index contributed by atoms with van der Waals surface area (Å²) in [5.74, 6) is -0.403. The summed E-state index contributed by atoms with van der Waals surface area (Å²) in [6.45, 7) is 4.96. The van der Waals surface area contributed by atoms with Gasteiger partial charge in [-0.25, -0.2) is 8.42 Å². The molecule has 2 heterocycles. The SMILES string of the molecule is CC(=O)c1ccc(S(=O)(=O)N2CCCCC2C(=O)NCC(c2ccccc2)N2CCOCC2)cc1. The molecule has 0 saturated carbocycles. The maximum absolute atomic E-state index is 13.4. The summed E-state index contributed by atoms with van der Waals surface area (Å²) < 4.78 is 33.7. The second kappa shape index (κ2) is 11.4. The van der Waals surface area contributed by atoms with Gasteiger partial charge in [0.05, 0.1) is 24.2 Å². The van der Waals surface area contributed by atoms with Gasteiger partial charge in [-0.05, 0) is 37.5 Å². The highest BCUT2D eigenvalue weighted by Crippen LogP contribution is 2.27. The van der Waals surface area contributed by atoms with Crippen LogP contribution in [0.15, 0.2) is 59.5 Å². The fourth-order valence-corrected chi connectivity index (χ4v) is 6.45. The van der Waals surface area contributed by atoms with E-state index in [-0.39, 0.29) is 22.6 Å². The molecule has 35 heavy (non-hydrogen) atoms. The number of nitrogens with zero attached hydrogens (tertiary/aromatic N) is 2. The fraction of sp³-hybridized carbons (Fsp3) is 0.462. The Morgan fingerprint density at radius 2 is 1.69 bits per heavy atom. The van der Waals surface area contributed by atoms with Gasteiger partial charge in [-0.3, -0.25) is 14.5 Å². The van der Waals surface area contributed by atoms with Crippen molar-refractivity contribution in [3.8, 4) is 0 Å². The molecule has 0 radical (unpaired) electrons. The van der Waals surface area contributed by atoms with E-state index in [9.17, 15) is 18.0 Å². The second-order valence-corrected chi connectivity index (χ2v) is 10.9. The minimum atomic E-state index is -3.88. The number of hydrogen-bond acceptors (Lipinski definition) is 6. The number of ketones is 1. The molecule has 188 valence electrons. The number of rotatable bonds is 8. The maximum Gasteiger partial charge on any atom is 0.243 e.